The molecular formula is C10H6INO3. The van der Waals surface area contributed by atoms with Gasteiger partial charge in [-0.3, -0.25) is 10.1 Å². The second-order valence-corrected chi connectivity index (χ2v) is 4.19. The second kappa shape index (κ2) is 3.65. The summed E-state index contributed by atoms with van der Waals surface area (Å²) in [4.78, 5) is 10.4. The summed E-state index contributed by atoms with van der Waals surface area (Å²) in [5.74, 6) is 0.0943. The summed E-state index contributed by atoms with van der Waals surface area (Å²) in [5, 5.41) is 21.5. The molecule has 0 fully saturated rings. The average Bonchev–Trinajstić information content (AvgIpc) is 2.23. The molecule has 2 aromatic carbocycles. The van der Waals surface area contributed by atoms with Crippen LogP contribution in [-0.2, 0) is 0 Å². The molecule has 0 atom stereocenters. The zero-order chi connectivity index (χ0) is 11.0. The van der Waals surface area contributed by atoms with Gasteiger partial charge in [-0.05, 0) is 28.7 Å². The molecule has 2 aromatic rings. The molecule has 15 heavy (non-hydrogen) atoms. The number of phenolic OH excluding ortho intramolecular Hbond substituents is 1. The van der Waals surface area contributed by atoms with Crippen LogP contribution in [0.3, 0.4) is 0 Å². The summed E-state index contributed by atoms with van der Waals surface area (Å²) >= 11 is 1.88. The van der Waals surface area contributed by atoms with E-state index in [0.29, 0.717) is 14.3 Å². The highest BCUT2D eigenvalue weighted by molar-refractivity contribution is 14.1. The molecular weight excluding hydrogens is 309 g/mol. The number of aromatic hydroxyl groups is 1. The van der Waals surface area contributed by atoms with E-state index in [4.69, 9.17) is 0 Å². The van der Waals surface area contributed by atoms with Crippen molar-refractivity contribution in [3.8, 4) is 5.75 Å². The minimum atomic E-state index is -0.441. The van der Waals surface area contributed by atoms with Crippen molar-refractivity contribution in [1.29, 1.82) is 0 Å². The van der Waals surface area contributed by atoms with Gasteiger partial charge in [0.2, 0.25) is 0 Å². The van der Waals surface area contributed by atoms with Gasteiger partial charge in [0, 0.05) is 11.5 Å². The van der Waals surface area contributed by atoms with Crippen LogP contribution < -0.4 is 0 Å². The Morgan fingerprint density at radius 2 is 1.87 bits per heavy atom. The molecule has 0 saturated carbocycles. The first-order valence-electron chi connectivity index (χ1n) is 4.16. The number of halogens is 1. The van der Waals surface area contributed by atoms with Gasteiger partial charge in [0.05, 0.1) is 13.9 Å². The predicted octanol–water partition coefficient (Wildman–Crippen LogP) is 3.06. The Morgan fingerprint density at radius 3 is 2.47 bits per heavy atom. The quantitative estimate of drug-likeness (QED) is 0.500. The van der Waals surface area contributed by atoms with E-state index >= 15 is 0 Å². The van der Waals surface area contributed by atoms with Crippen LogP contribution >= 0.6 is 22.6 Å². The van der Waals surface area contributed by atoms with E-state index in [1.165, 1.54) is 6.07 Å². The lowest BCUT2D eigenvalue weighted by Gasteiger charge is -2.03. The first-order valence-corrected chi connectivity index (χ1v) is 5.23. The summed E-state index contributed by atoms with van der Waals surface area (Å²) in [5.41, 5.74) is 0.0211. The lowest BCUT2D eigenvalue weighted by Crippen LogP contribution is -1.91. The van der Waals surface area contributed by atoms with Gasteiger partial charge in [-0.25, -0.2) is 0 Å². The topological polar surface area (TPSA) is 63.4 Å². The number of hydrogen-bond donors (Lipinski definition) is 1. The number of nitrogens with zero attached hydrogens (tertiary/aromatic N) is 1. The molecule has 0 aliphatic rings. The number of hydrogen-bond acceptors (Lipinski definition) is 3. The van der Waals surface area contributed by atoms with E-state index in [-0.39, 0.29) is 11.4 Å². The summed E-state index contributed by atoms with van der Waals surface area (Å²) in [6.45, 7) is 0. The fourth-order valence-corrected chi connectivity index (χ4v) is 2.04. The zero-order valence-electron chi connectivity index (χ0n) is 7.48. The molecule has 2 rings (SSSR count). The van der Waals surface area contributed by atoms with E-state index in [1.54, 1.807) is 24.3 Å². The van der Waals surface area contributed by atoms with E-state index in [0.717, 1.165) is 0 Å². The molecule has 76 valence electrons. The van der Waals surface area contributed by atoms with Crippen molar-refractivity contribution in [3.63, 3.8) is 0 Å². The van der Waals surface area contributed by atoms with Crippen LogP contribution in [0, 0.1) is 13.7 Å². The Bertz CT molecular complexity index is 554. The van der Waals surface area contributed by atoms with Crippen molar-refractivity contribution in [2.24, 2.45) is 0 Å². The Kier molecular flexibility index (Phi) is 2.47. The van der Waals surface area contributed by atoms with Crippen LogP contribution in [0.1, 0.15) is 0 Å². The van der Waals surface area contributed by atoms with Crippen molar-refractivity contribution in [3.05, 3.63) is 44.0 Å². The summed E-state index contributed by atoms with van der Waals surface area (Å²) in [6.07, 6.45) is 0. The molecule has 1 N–H and O–H groups in total. The lowest BCUT2D eigenvalue weighted by atomic mass is 10.1. The number of non-ortho nitro benzene ring substituents is 1. The number of benzene rings is 2. The third-order valence-electron chi connectivity index (χ3n) is 2.14. The Morgan fingerprint density at radius 1 is 1.27 bits per heavy atom. The highest BCUT2D eigenvalue weighted by atomic mass is 127. The van der Waals surface area contributed by atoms with Crippen LogP contribution in [0.4, 0.5) is 5.69 Å². The monoisotopic (exact) mass is 315 g/mol. The van der Waals surface area contributed by atoms with Gasteiger partial charge in [-0.1, -0.05) is 18.2 Å². The Hall–Kier alpha value is -1.37. The van der Waals surface area contributed by atoms with Crippen molar-refractivity contribution in [1.82, 2.24) is 0 Å². The number of fused-ring (bicyclic) bond motifs is 1. The van der Waals surface area contributed by atoms with E-state index in [1.807, 2.05) is 22.6 Å². The van der Waals surface area contributed by atoms with E-state index in [9.17, 15) is 15.2 Å². The number of nitro groups is 1. The largest absolute Gasteiger partial charge is 0.506 e. The van der Waals surface area contributed by atoms with Gasteiger partial charge < -0.3 is 5.11 Å². The fourth-order valence-electron chi connectivity index (χ4n) is 1.46. The van der Waals surface area contributed by atoms with Gasteiger partial charge in [-0.15, -0.1) is 0 Å². The molecule has 0 amide bonds. The lowest BCUT2D eigenvalue weighted by molar-refractivity contribution is -0.383. The first kappa shape index (κ1) is 10.2. The highest BCUT2D eigenvalue weighted by Crippen LogP contribution is 2.35. The molecule has 0 unspecified atom stereocenters. The molecule has 5 heteroatoms. The van der Waals surface area contributed by atoms with Crippen LogP contribution in [0.5, 0.6) is 5.75 Å². The molecule has 0 aliphatic heterocycles. The van der Waals surface area contributed by atoms with Gasteiger partial charge in [-0.2, -0.15) is 0 Å². The standard InChI is InChI=1S/C10H6INO3/c11-8-5-9(12(14)15)6-3-1-2-4-7(6)10(8)13/h1-5,13H. The van der Waals surface area contributed by atoms with Crippen LogP contribution in [0.25, 0.3) is 10.8 Å². The number of nitro benzene ring substituents is 1. The molecule has 0 radical (unpaired) electrons. The van der Waals surface area contributed by atoms with Gasteiger partial charge in [0.15, 0.2) is 0 Å². The van der Waals surface area contributed by atoms with Crippen molar-refractivity contribution in [2.75, 3.05) is 0 Å². The predicted molar refractivity (Wildman–Crippen MR) is 65.0 cm³/mol. The summed E-state index contributed by atoms with van der Waals surface area (Å²) in [6, 6.07) is 8.12. The van der Waals surface area contributed by atoms with Crippen LogP contribution in [0.2, 0.25) is 0 Å². The normalized spacial score (nSPS) is 10.5. The van der Waals surface area contributed by atoms with Crippen molar-refractivity contribution >= 4 is 39.1 Å². The SMILES string of the molecule is O=[N+]([O-])c1cc(I)c(O)c2ccccc12. The minimum Gasteiger partial charge on any atom is -0.506 e. The average molecular weight is 315 g/mol. The van der Waals surface area contributed by atoms with Gasteiger partial charge in [0.25, 0.3) is 5.69 Å². The Labute approximate surface area is 98.8 Å². The molecule has 0 spiro atoms. The van der Waals surface area contributed by atoms with Gasteiger partial charge >= 0.3 is 0 Å². The maximum atomic E-state index is 10.8. The highest BCUT2D eigenvalue weighted by Gasteiger charge is 2.16. The summed E-state index contributed by atoms with van der Waals surface area (Å²) in [7, 11) is 0. The van der Waals surface area contributed by atoms with Crippen molar-refractivity contribution in [2.45, 2.75) is 0 Å². The maximum Gasteiger partial charge on any atom is 0.278 e. The van der Waals surface area contributed by atoms with Crippen molar-refractivity contribution < 1.29 is 10.0 Å². The number of phenols is 1. The fraction of sp³-hybridized carbons (Fsp3) is 0. The Balaban J connectivity index is 2.94. The molecule has 0 saturated heterocycles. The maximum absolute atomic E-state index is 10.8. The molecule has 0 heterocycles. The van der Waals surface area contributed by atoms with E-state index in [2.05, 4.69) is 0 Å². The summed E-state index contributed by atoms with van der Waals surface area (Å²) < 4.78 is 0.484. The third kappa shape index (κ3) is 1.63. The molecule has 0 aliphatic carbocycles. The minimum absolute atomic E-state index is 0.0211. The molecule has 4 nitrogen and oxygen atoms in total. The van der Waals surface area contributed by atoms with Crippen LogP contribution in [-0.4, -0.2) is 10.0 Å². The zero-order valence-corrected chi connectivity index (χ0v) is 9.63. The van der Waals surface area contributed by atoms with Gasteiger partial charge in [0.1, 0.15) is 5.75 Å². The third-order valence-corrected chi connectivity index (χ3v) is 2.97. The molecule has 0 aromatic heterocycles. The van der Waals surface area contributed by atoms with Crippen LogP contribution in [0.15, 0.2) is 30.3 Å². The molecule has 0 bridgehead atoms. The second-order valence-electron chi connectivity index (χ2n) is 3.03. The smallest absolute Gasteiger partial charge is 0.278 e. The van der Waals surface area contributed by atoms with E-state index < -0.39 is 4.92 Å². The number of rotatable bonds is 1. The first-order chi connectivity index (χ1) is 7.11.